The van der Waals surface area contributed by atoms with Gasteiger partial charge in [-0.15, -0.1) is 0 Å². The Morgan fingerprint density at radius 3 is 2.27 bits per heavy atom. The number of hydrogen-bond acceptors (Lipinski definition) is 6. The van der Waals surface area contributed by atoms with E-state index in [9.17, 15) is 4.79 Å². The molecule has 138 valence electrons. The van der Waals surface area contributed by atoms with Crippen LogP contribution in [0.2, 0.25) is 0 Å². The number of methoxy groups -OCH3 is 3. The third-order valence-electron chi connectivity index (χ3n) is 4.07. The predicted octanol–water partition coefficient (Wildman–Crippen LogP) is 3.62. The van der Waals surface area contributed by atoms with Gasteiger partial charge < -0.3 is 23.4 Å². The highest BCUT2D eigenvalue weighted by Gasteiger charge is 2.22. The van der Waals surface area contributed by atoms with Crippen LogP contribution in [-0.2, 0) is 0 Å². The smallest absolute Gasteiger partial charge is 0.339 e. The average Bonchev–Trinajstić information content (AvgIpc) is 3.47. The van der Waals surface area contributed by atoms with E-state index in [1.54, 1.807) is 39.5 Å². The van der Waals surface area contributed by atoms with Gasteiger partial charge in [-0.3, -0.25) is 0 Å². The van der Waals surface area contributed by atoms with Crippen molar-refractivity contribution in [3.63, 3.8) is 0 Å². The number of hydrogen-bond donors (Lipinski definition) is 0. The second-order valence-electron chi connectivity index (χ2n) is 6.06. The first-order chi connectivity index (χ1) is 12.6. The van der Waals surface area contributed by atoms with Crippen molar-refractivity contribution in [3.8, 4) is 23.0 Å². The first kappa shape index (κ1) is 17.9. The van der Waals surface area contributed by atoms with Crippen LogP contribution in [0, 0.1) is 5.92 Å². The quantitative estimate of drug-likeness (QED) is 0.718. The zero-order chi connectivity index (χ0) is 18.5. The van der Waals surface area contributed by atoms with Crippen LogP contribution in [0.5, 0.6) is 23.0 Å². The van der Waals surface area contributed by atoms with Gasteiger partial charge in [0.05, 0.1) is 34.0 Å². The molecule has 0 bridgehead atoms. The van der Waals surface area contributed by atoms with E-state index in [4.69, 9.17) is 23.4 Å². The third-order valence-corrected chi connectivity index (χ3v) is 4.07. The van der Waals surface area contributed by atoms with E-state index in [1.165, 1.54) is 18.9 Å². The molecule has 6 nitrogen and oxygen atoms in total. The van der Waals surface area contributed by atoms with Crippen molar-refractivity contribution in [1.82, 2.24) is 0 Å². The van der Waals surface area contributed by atoms with Gasteiger partial charge in [-0.05, 0) is 42.5 Å². The maximum atomic E-state index is 11.7. The van der Waals surface area contributed by atoms with Crippen LogP contribution in [-0.4, -0.2) is 27.9 Å². The van der Waals surface area contributed by atoms with Gasteiger partial charge in [-0.2, -0.15) is 0 Å². The van der Waals surface area contributed by atoms with Crippen molar-refractivity contribution in [2.24, 2.45) is 5.92 Å². The van der Waals surface area contributed by atoms with Crippen molar-refractivity contribution in [3.05, 3.63) is 46.0 Å². The van der Waals surface area contributed by atoms with E-state index in [2.05, 4.69) is 0 Å². The summed E-state index contributed by atoms with van der Waals surface area (Å²) in [5.74, 6) is 3.17. The summed E-state index contributed by atoms with van der Waals surface area (Å²) in [6, 6.07) is 6.68. The van der Waals surface area contributed by atoms with Gasteiger partial charge in [-0.25, -0.2) is 4.79 Å². The Labute approximate surface area is 151 Å². The number of benzene rings is 1. The fourth-order valence-corrected chi connectivity index (χ4v) is 2.51. The second kappa shape index (κ2) is 7.99. The van der Waals surface area contributed by atoms with Crippen molar-refractivity contribution < 1.29 is 23.4 Å². The molecule has 26 heavy (non-hydrogen) atoms. The molecule has 1 aromatic heterocycles. The van der Waals surface area contributed by atoms with Gasteiger partial charge in [0, 0.05) is 6.07 Å². The Kier molecular flexibility index (Phi) is 5.51. The van der Waals surface area contributed by atoms with Crippen LogP contribution in [0.15, 0.2) is 33.5 Å². The van der Waals surface area contributed by atoms with Crippen molar-refractivity contribution >= 4 is 12.2 Å². The summed E-state index contributed by atoms with van der Waals surface area (Å²) in [5.41, 5.74) is 0.370. The van der Waals surface area contributed by atoms with E-state index in [-0.39, 0.29) is 0 Å². The fraction of sp³-hybridized carbons (Fsp3) is 0.350. The largest absolute Gasteiger partial charge is 0.493 e. The van der Waals surface area contributed by atoms with E-state index >= 15 is 0 Å². The van der Waals surface area contributed by atoms with Crippen molar-refractivity contribution in [2.75, 3.05) is 27.9 Å². The zero-order valence-electron chi connectivity index (χ0n) is 15.1. The molecule has 3 rings (SSSR count). The molecular weight excluding hydrogens is 336 g/mol. The molecule has 0 spiro atoms. The summed E-state index contributed by atoms with van der Waals surface area (Å²) in [6.07, 6.45) is 5.88. The molecule has 1 fully saturated rings. The highest BCUT2D eigenvalue weighted by molar-refractivity contribution is 5.71. The molecule has 0 radical (unpaired) electrons. The molecule has 0 atom stereocenters. The molecule has 1 saturated carbocycles. The molecule has 0 amide bonds. The molecular formula is C20H22O6. The summed E-state index contributed by atoms with van der Waals surface area (Å²) in [5, 5.41) is 0. The van der Waals surface area contributed by atoms with Crippen LogP contribution in [0.3, 0.4) is 0 Å². The summed E-state index contributed by atoms with van der Waals surface area (Å²) >= 11 is 0. The van der Waals surface area contributed by atoms with Gasteiger partial charge in [0.1, 0.15) is 11.5 Å². The number of ether oxygens (including phenoxy) is 4. The van der Waals surface area contributed by atoms with Gasteiger partial charge in [-0.1, -0.05) is 6.08 Å². The van der Waals surface area contributed by atoms with Crippen molar-refractivity contribution in [2.45, 2.75) is 12.8 Å². The Morgan fingerprint density at radius 2 is 1.69 bits per heavy atom. The van der Waals surface area contributed by atoms with E-state index in [0.29, 0.717) is 41.3 Å². The molecule has 0 unspecified atom stereocenters. The Morgan fingerprint density at radius 1 is 1.00 bits per heavy atom. The summed E-state index contributed by atoms with van der Waals surface area (Å²) in [6.45, 7) is 0.638. The Bertz CT molecular complexity index is 823. The normalized spacial score (nSPS) is 13.7. The van der Waals surface area contributed by atoms with Crippen LogP contribution >= 0.6 is 0 Å². The molecule has 0 aliphatic heterocycles. The molecule has 1 aliphatic carbocycles. The molecule has 1 aromatic carbocycles. The monoisotopic (exact) mass is 358 g/mol. The maximum Gasteiger partial charge on any atom is 0.339 e. The fourth-order valence-electron chi connectivity index (χ4n) is 2.51. The van der Waals surface area contributed by atoms with Gasteiger partial charge in [0.25, 0.3) is 0 Å². The number of rotatable bonds is 8. The lowest BCUT2D eigenvalue weighted by Gasteiger charge is -2.12. The minimum absolute atomic E-state index is 0.414. The lowest BCUT2D eigenvalue weighted by atomic mass is 10.1. The molecule has 1 heterocycles. The van der Waals surface area contributed by atoms with E-state index in [0.717, 1.165) is 5.56 Å². The maximum absolute atomic E-state index is 11.7. The SMILES string of the molecule is COc1cc(C=Cc2cc(OCC3CC3)cc(=O)o2)cc(OC)c1OC. The Balaban J connectivity index is 1.83. The minimum Gasteiger partial charge on any atom is -0.493 e. The molecule has 6 heteroatoms. The first-order valence-electron chi connectivity index (χ1n) is 8.39. The van der Waals surface area contributed by atoms with Crippen LogP contribution in [0.4, 0.5) is 0 Å². The Hall–Kier alpha value is -2.89. The topological polar surface area (TPSA) is 67.1 Å². The predicted molar refractivity (Wildman–Crippen MR) is 98.2 cm³/mol. The highest BCUT2D eigenvalue weighted by Crippen LogP contribution is 2.38. The summed E-state index contributed by atoms with van der Waals surface area (Å²) < 4.78 is 26.9. The lowest BCUT2D eigenvalue weighted by molar-refractivity contribution is 0.295. The van der Waals surface area contributed by atoms with Gasteiger partial charge in [0.2, 0.25) is 5.75 Å². The van der Waals surface area contributed by atoms with Gasteiger partial charge >= 0.3 is 5.63 Å². The lowest BCUT2D eigenvalue weighted by Crippen LogP contribution is -2.04. The minimum atomic E-state index is -0.442. The highest BCUT2D eigenvalue weighted by atomic mass is 16.5. The van der Waals surface area contributed by atoms with Crippen LogP contribution in [0.1, 0.15) is 24.2 Å². The standard InChI is InChI=1S/C20H22O6/c1-22-17-8-14(9-18(23-2)20(17)24-3)6-7-15-10-16(11-19(21)26-15)25-12-13-4-5-13/h6-11,13H,4-5,12H2,1-3H3. The second-order valence-corrected chi connectivity index (χ2v) is 6.06. The summed E-state index contributed by atoms with van der Waals surface area (Å²) in [4.78, 5) is 11.7. The molecule has 0 saturated heterocycles. The van der Waals surface area contributed by atoms with Gasteiger partial charge in [0.15, 0.2) is 11.5 Å². The first-order valence-corrected chi connectivity index (χ1v) is 8.39. The molecule has 2 aromatic rings. The summed E-state index contributed by atoms with van der Waals surface area (Å²) in [7, 11) is 4.67. The average molecular weight is 358 g/mol. The van der Waals surface area contributed by atoms with Crippen LogP contribution in [0.25, 0.3) is 12.2 Å². The van der Waals surface area contributed by atoms with Crippen LogP contribution < -0.4 is 24.6 Å². The van der Waals surface area contributed by atoms with Crippen molar-refractivity contribution in [1.29, 1.82) is 0 Å². The third kappa shape index (κ3) is 4.39. The molecule has 0 N–H and O–H groups in total. The zero-order valence-corrected chi connectivity index (χ0v) is 15.1. The van der Waals surface area contributed by atoms with E-state index < -0.39 is 5.63 Å². The van der Waals surface area contributed by atoms with E-state index in [1.807, 2.05) is 12.1 Å². The molecule has 1 aliphatic rings.